The molecule has 1 heterocycles. The van der Waals surface area contributed by atoms with Crippen LogP contribution in [0.2, 0.25) is 0 Å². The van der Waals surface area contributed by atoms with E-state index in [1.807, 2.05) is 24.3 Å². The Morgan fingerprint density at radius 1 is 1.40 bits per heavy atom. The summed E-state index contributed by atoms with van der Waals surface area (Å²) in [5.74, 6) is 0.449. The molecule has 2 rings (SSSR count). The SMILES string of the molecule is CC(O)c1ccccc1-c1cc(N)n[nH]1. The van der Waals surface area contributed by atoms with Crippen molar-refractivity contribution in [2.45, 2.75) is 13.0 Å². The average Bonchev–Trinajstić information content (AvgIpc) is 2.65. The first-order valence-electron chi connectivity index (χ1n) is 4.76. The highest BCUT2D eigenvalue weighted by molar-refractivity contribution is 5.66. The molecule has 4 heteroatoms. The zero-order chi connectivity index (χ0) is 10.8. The summed E-state index contributed by atoms with van der Waals surface area (Å²) in [6.45, 7) is 1.73. The van der Waals surface area contributed by atoms with Crippen LogP contribution in [0.25, 0.3) is 11.3 Å². The van der Waals surface area contributed by atoms with Crippen LogP contribution in [0.1, 0.15) is 18.6 Å². The highest BCUT2D eigenvalue weighted by Crippen LogP contribution is 2.27. The van der Waals surface area contributed by atoms with Crippen molar-refractivity contribution in [2.24, 2.45) is 0 Å². The number of nitrogens with two attached hydrogens (primary N) is 1. The summed E-state index contributed by atoms with van der Waals surface area (Å²) in [5.41, 5.74) is 8.15. The third-order valence-electron chi connectivity index (χ3n) is 2.30. The molecule has 0 spiro atoms. The second kappa shape index (κ2) is 3.74. The monoisotopic (exact) mass is 203 g/mol. The van der Waals surface area contributed by atoms with E-state index in [0.29, 0.717) is 5.82 Å². The van der Waals surface area contributed by atoms with Gasteiger partial charge in [0.25, 0.3) is 0 Å². The molecule has 78 valence electrons. The van der Waals surface area contributed by atoms with Crippen molar-refractivity contribution >= 4 is 5.82 Å². The number of anilines is 1. The minimum atomic E-state index is -0.509. The number of hydrogen-bond donors (Lipinski definition) is 3. The molecule has 4 nitrogen and oxygen atoms in total. The van der Waals surface area contributed by atoms with Gasteiger partial charge >= 0.3 is 0 Å². The summed E-state index contributed by atoms with van der Waals surface area (Å²) in [6.07, 6.45) is -0.509. The lowest BCUT2D eigenvalue weighted by Gasteiger charge is -2.09. The fraction of sp³-hybridized carbons (Fsp3) is 0.182. The average molecular weight is 203 g/mol. The van der Waals surface area contributed by atoms with Crippen LogP contribution in [-0.2, 0) is 0 Å². The molecule has 0 aliphatic carbocycles. The van der Waals surface area contributed by atoms with Crippen molar-refractivity contribution < 1.29 is 5.11 Å². The van der Waals surface area contributed by atoms with Crippen LogP contribution < -0.4 is 5.73 Å². The lowest BCUT2D eigenvalue weighted by molar-refractivity contribution is 0.200. The Balaban J connectivity index is 2.52. The molecule has 1 aromatic carbocycles. The van der Waals surface area contributed by atoms with Crippen molar-refractivity contribution in [3.63, 3.8) is 0 Å². The Labute approximate surface area is 87.7 Å². The van der Waals surface area contributed by atoms with Gasteiger partial charge in [0.2, 0.25) is 0 Å². The minimum absolute atomic E-state index is 0.449. The van der Waals surface area contributed by atoms with E-state index in [1.54, 1.807) is 13.0 Å². The van der Waals surface area contributed by atoms with Crippen molar-refractivity contribution in [1.29, 1.82) is 0 Å². The van der Waals surface area contributed by atoms with E-state index < -0.39 is 6.10 Å². The molecule has 4 N–H and O–H groups in total. The highest BCUT2D eigenvalue weighted by Gasteiger charge is 2.10. The number of aliphatic hydroxyl groups is 1. The molecule has 0 saturated carbocycles. The van der Waals surface area contributed by atoms with Gasteiger partial charge in [0.05, 0.1) is 11.8 Å². The van der Waals surface area contributed by atoms with E-state index in [1.165, 1.54) is 0 Å². The molecule has 0 saturated heterocycles. The van der Waals surface area contributed by atoms with Crippen LogP contribution in [-0.4, -0.2) is 15.3 Å². The van der Waals surface area contributed by atoms with Crippen LogP contribution in [0.3, 0.4) is 0 Å². The second-order valence-electron chi connectivity index (χ2n) is 3.47. The fourth-order valence-electron chi connectivity index (χ4n) is 1.58. The van der Waals surface area contributed by atoms with Gasteiger partial charge in [-0.3, -0.25) is 5.10 Å². The van der Waals surface area contributed by atoms with E-state index >= 15 is 0 Å². The summed E-state index contributed by atoms with van der Waals surface area (Å²) >= 11 is 0. The van der Waals surface area contributed by atoms with Crippen molar-refractivity contribution in [3.8, 4) is 11.3 Å². The number of rotatable bonds is 2. The Hall–Kier alpha value is -1.81. The van der Waals surface area contributed by atoms with Crippen LogP contribution in [0.4, 0.5) is 5.82 Å². The standard InChI is InChI=1S/C11H13N3O/c1-7(15)8-4-2-3-5-9(8)10-6-11(12)14-13-10/h2-7,15H,1H3,(H3,12,13,14). The van der Waals surface area contributed by atoms with Crippen LogP contribution in [0, 0.1) is 0 Å². The molecule has 0 bridgehead atoms. The van der Waals surface area contributed by atoms with Crippen LogP contribution >= 0.6 is 0 Å². The molecule has 0 aliphatic heterocycles. The summed E-state index contributed by atoms with van der Waals surface area (Å²) in [4.78, 5) is 0. The molecular weight excluding hydrogens is 190 g/mol. The zero-order valence-electron chi connectivity index (χ0n) is 8.44. The number of nitrogen functional groups attached to an aromatic ring is 1. The smallest absolute Gasteiger partial charge is 0.145 e. The quantitative estimate of drug-likeness (QED) is 0.695. The maximum Gasteiger partial charge on any atom is 0.145 e. The molecule has 1 aromatic heterocycles. The largest absolute Gasteiger partial charge is 0.389 e. The Morgan fingerprint density at radius 3 is 2.73 bits per heavy atom. The number of nitrogens with one attached hydrogen (secondary N) is 1. The van der Waals surface area contributed by atoms with Crippen molar-refractivity contribution in [2.75, 3.05) is 5.73 Å². The topological polar surface area (TPSA) is 74.9 Å². The number of hydrogen-bond acceptors (Lipinski definition) is 3. The Morgan fingerprint density at radius 2 is 2.13 bits per heavy atom. The number of benzene rings is 1. The second-order valence-corrected chi connectivity index (χ2v) is 3.47. The number of aromatic nitrogens is 2. The molecule has 15 heavy (non-hydrogen) atoms. The summed E-state index contributed by atoms with van der Waals surface area (Å²) < 4.78 is 0. The van der Waals surface area contributed by atoms with Gasteiger partial charge in [-0.25, -0.2) is 0 Å². The van der Waals surface area contributed by atoms with Gasteiger partial charge in [-0.15, -0.1) is 0 Å². The predicted molar refractivity (Wildman–Crippen MR) is 59.1 cm³/mol. The van der Waals surface area contributed by atoms with E-state index in [-0.39, 0.29) is 0 Å². The lowest BCUT2D eigenvalue weighted by Crippen LogP contribution is -1.94. The van der Waals surface area contributed by atoms with Gasteiger partial charge in [0, 0.05) is 11.6 Å². The van der Waals surface area contributed by atoms with E-state index in [2.05, 4.69) is 10.2 Å². The molecule has 1 unspecified atom stereocenters. The van der Waals surface area contributed by atoms with Crippen LogP contribution in [0.5, 0.6) is 0 Å². The zero-order valence-corrected chi connectivity index (χ0v) is 8.44. The Bertz CT molecular complexity index is 462. The third-order valence-corrected chi connectivity index (χ3v) is 2.30. The molecule has 0 aliphatic rings. The Kier molecular flexibility index (Phi) is 2.43. The molecule has 0 amide bonds. The van der Waals surface area contributed by atoms with E-state index in [0.717, 1.165) is 16.8 Å². The van der Waals surface area contributed by atoms with Crippen molar-refractivity contribution in [3.05, 3.63) is 35.9 Å². The van der Waals surface area contributed by atoms with Gasteiger partial charge in [0.15, 0.2) is 0 Å². The van der Waals surface area contributed by atoms with Gasteiger partial charge < -0.3 is 10.8 Å². The van der Waals surface area contributed by atoms with Crippen LogP contribution in [0.15, 0.2) is 30.3 Å². The first kappa shape index (κ1) is 9.73. The lowest BCUT2D eigenvalue weighted by atomic mass is 10.0. The normalized spacial score (nSPS) is 12.7. The van der Waals surface area contributed by atoms with Gasteiger partial charge in [-0.2, -0.15) is 5.10 Å². The summed E-state index contributed by atoms with van der Waals surface area (Å²) in [7, 11) is 0. The third kappa shape index (κ3) is 1.85. The molecule has 1 atom stereocenters. The number of H-pyrrole nitrogens is 1. The number of aliphatic hydroxyl groups excluding tert-OH is 1. The minimum Gasteiger partial charge on any atom is -0.389 e. The highest BCUT2D eigenvalue weighted by atomic mass is 16.3. The van der Waals surface area contributed by atoms with Crippen molar-refractivity contribution in [1.82, 2.24) is 10.2 Å². The van der Waals surface area contributed by atoms with Gasteiger partial charge in [-0.1, -0.05) is 24.3 Å². The maximum atomic E-state index is 9.61. The summed E-state index contributed by atoms with van der Waals surface area (Å²) in [6, 6.07) is 9.37. The molecular formula is C11H13N3O. The molecule has 0 fully saturated rings. The van der Waals surface area contributed by atoms with Gasteiger partial charge in [0.1, 0.15) is 5.82 Å². The first-order chi connectivity index (χ1) is 7.18. The number of aromatic amines is 1. The maximum absolute atomic E-state index is 9.61. The molecule has 0 radical (unpaired) electrons. The van der Waals surface area contributed by atoms with E-state index in [9.17, 15) is 5.11 Å². The van der Waals surface area contributed by atoms with Gasteiger partial charge in [-0.05, 0) is 12.5 Å². The fourth-order valence-corrected chi connectivity index (χ4v) is 1.58. The number of nitrogens with zero attached hydrogens (tertiary/aromatic N) is 1. The summed E-state index contributed by atoms with van der Waals surface area (Å²) in [5, 5.41) is 16.3. The van der Waals surface area contributed by atoms with E-state index in [4.69, 9.17) is 5.73 Å². The molecule has 2 aromatic rings. The first-order valence-corrected chi connectivity index (χ1v) is 4.76. The predicted octanol–water partition coefficient (Wildman–Crippen LogP) is 1.71.